The maximum Gasteiger partial charge on any atom is 0.287 e. The Labute approximate surface area is 116 Å². The molecular weight excluding hydrogens is 260 g/mol. The number of amides is 1. The molecule has 0 radical (unpaired) electrons. The van der Waals surface area contributed by atoms with Crippen LogP contribution >= 0.6 is 0 Å². The van der Waals surface area contributed by atoms with Gasteiger partial charge in [-0.05, 0) is 26.0 Å². The molecule has 1 rings (SSSR count). The number of carbonyl (C=O) groups is 1. The number of nitriles is 1. The first kappa shape index (κ1) is 15.4. The van der Waals surface area contributed by atoms with Crippen molar-refractivity contribution in [1.29, 1.82) is 5.26 Å². The van der Waals surface area contributed by atoms with E-state index in [2.05, 4.69) is 10.6 Å². The van der Waals surface area contributed by atoms with E-state index in [1.54, 1.807) is 27.0 Å². The van der Waals surface area contributed by atoms with Crippen molar-refractivity contribution in [2.45, 2.75) is 13.8 Å². The monoisotopic (exact) mass is 276 g/mol. The van der Waals surface area contributed by atoms with E-state index in [-0.39, 0.29) is 17.2 Å². The third-order valence-corrected chi connectivity index (χ3v) is 2.89. The number of nitro benzene ring substituents is 1. The van der Waals surface area contributed by atoms with Gasteiger partial charge in [-0.2, -0.15) is 5.26 Å². The van der Waals surface area contributed by atoms with Gasteiger partial charge in [-0.25, -0.2) is 0 Å². The van der Waals surface area contributed by atoms with E-state index in [0.717, 1.165) is 0 Å². The number of nitro groups is 1. The highest BCUT2D eigenvalue weighted by atomic mass is 16.6. The van der Waals surface area contributed by atoms with Crippen LogP contribution in [0.2, 0.25) is 0 Å². The summed E-state index contributed by atoms with van der Waals surface area (Å²) in [7, 11) is 1.56. The highest BCUT2D eigenvalue weighted by Crippen LogP contribution is 2.23. The van der Waals surface area contributed by atoms with E-state index < -0.39 is 10.3 Å². The second-order valence-electron chi connectivity index (χ2n) is 4.92. The van der Waals surface area contributed by atoms with Crippen molar-refractivity contribution in [3.63, 3.8) is 0 Å². The lowest BCUT2D eigenvalue weighted by Gasteiger charge is -2.23. The Morgan fingerprint density at radius 1 is 1.50 bits per heavy atom. The standard InChI is InChI=1S/C13H16N4O3/c1-13(2,12(18)15-3)8-16-10-4-5-11(17(19)20)9(6-10)7-14/h4-6,16H,8H2,1-3H3,(H,15,18). The number of anilines is 1. The van der Waals surface area contributed by atoms with Gasteiger partial charge in [-0.1, -0.05) is 0 Å². The summed E-state index contributed by atoms with van der Waals surface area (Å²) in [4.78, 5) is 21.7. The third kappa shape index (κ3) is 3.45. The first-order valence-corrected chi connectivity index (χ1v) is 5.96. The molecule has 0 aliphatic carbocycles. The molecule has 0 heterocycles. The molecule has 7 nitrogen and oxygen atoms in total. The molecule has 7 heteroatoms. The predicted octanol–water partition coefficient (Wildman–Crippen LogP) is 1.65. The van der Waals surface area contributed by atoms with Crippen molar-refractivity contribution in [1.82, 2.24) is 5.32 Å². The maximum atomic E-state index is 11.6. The second kappa shape index (κ2) is 6.02. The van der Waals surface area contributed by atoms with Gasteiger partial charge in [0.2, 0.25) is 5.91 Å². The summed E-state index contributed by atoms with van der Waals surface area (Å²) >= 11 is 0. The zero-order valence-electron chi connectivity index (χ0n) is 11.6. The van der Waals surface area contributed by atoms with Gasteiger partial charge in [0.1, 0.15) is 11.6 Å². The fraction of sp³-hybridized carbons (Fsp3) is 0.385. The van der Waals surface area contributed by atoms with Crippen LogP contribution in [-0.2, 0) is 4.79 Å². The SMILES string of the molecule is CNC(=O)C(C)(C)CNc1ccc([N+](=O)[O-])c(C#N)c1. The molecule has 0 spiro atoms. The lowest BCUT2D eigenvalue weighted by molar-refractivity contribution is -0.385. The lowest BCUT2D eigenvalue weighted by Crippen LogP contribution is -2.39. The maximum absolute atomic E-state index is 11.6. The molecule has 106 valence electrons. The zero-order valence-corrected chi connectivity index (χ0v) is 11.6. The van der Waals surface area contributed by atoms with Gasteiger partial charge in [0, 0.05) is 25.3 Å². The zero-order chi connectivity index (χ0) is 15.3. The Bertz CT molecular complexity index is 575. The van der Waals surface area contributed by atoms with Crippen molar-refractivity contribution in [3.05, 3.63) is 33.9 Å². The van der Waals surface area contributed by atoms with Crippen molar-refractivity contribution in [2.24, 2.45) is 5.41 Å². The lowest BCUT2D eigenvalue weighted by atomic mass is 9.92. The predicted molar refractivity (Wildman–Crippen MR) is 74.1 cm³/mol. The van der Waals surface area contributed by atoms with Gasteiger partial charge in [-0.3, -0.25) is 14.9 Å². The van der Waals surface area contributed by atoms with Crippen LogP contribution in [0.15, 0.2) is 18.2 Å². The summed E-state index contributed by atoms with van der Waals surface area (Å²) < 4.78 is 0. The van der Waals surface area contributed by atoms with E-state index in [1.165, 1.54) is 18.2 Å². The Balaban J connectivity index is 2.88. The summed E-state index contributed by atoms with van der Waals surface area (Å²) in [6.07, 6.45) is 0. The fourth-order valence-corrected chi connectivity index (χ4v) is 1.64. The molecule has 0 saturated heterocycles. The van der Waals surface area contributed by atoms with Crippen LogP contribution in [0.5, 0.6) is 0 Å². The van der Waals surface area contributed by atoms with E-state index in [9.17, 15) is 14.9 Å². The first-order valence-electron chi connectivity index (χ1n) is 5.96. The van der Waals surface area contributed by atoms with Crippen LogP contribution in [0.4, 0.5) is 11.4 Å². The van der Waals surface area contributed by atoms with Gasteiger partial charge in [-0.15, -0.1) is 0 Å². The van der Waals surface area contributed by atoms with Gasteiger partial charge in [0.25, 0.3) is 5.69 Å². The van der Waals surface area contributed by atoms with Crippen LogP contribution in [-0.4, -0.2) is 24.4 Å². The first-order chi connectivity index (χ1) is 9.31. The van der Waals surface area contributed by atoms with Crippen LogP contribution in [0.3, 0.4) is 0 Å². The number of carbonyl (C=O) groups excluding carboxylic acids is 1. The van der Waals surface area contributed by atoms with Gasteiger partial charge < -0.3 is 10.6 Å². The topological polar surface area (TPSA) is 108 Å². The van der Waals surface area contributed by atoms with Gasteiger partial charge in [0.15, 0.2) is 0 Å². The Kier molecular flexibility index (Phi) is 4.64. The quantitative estimate of drug-likeness (QED) is 0.628. The summed E-state index contributed by atoms with van der Waals surface area (Å²) in [5, 5.41) is 25.2. The summed E-state index contributed by atoms with van der Waals surface area (Å²) in [5.41, 5.74) is -0.325. The van der Waals surface area contributed by atoms with E-state index in [1.807, 2.05) is 0 Å². The Morgan fingerprint density at radius 2 is 2.15 bits per heavy atom. The smallest absolute Gasteiger partial charge is 0.287 e. The number of hydrogen-bond acceptors (Lipinski definition) is 5. The van der Waals surface area contributed by atoms with Crippen molar-refractivity contribution in [3.8, 4) is 6.07 Å². The van der Waals surface area contributed by atoms with Crippen molar-refractivity contribution < 1.29 is 9.72 Å². The minimum atomic E-state index is -0.636. The average molecular weight is 276 g/mol. The second-order valence-corrected chi connectivity index (χ2v) is 4.92. The van der Waals surface area contributed by atoms with E-state index >= 15 is 0 Å². The molecule has 0 aliphatic heterocycles. The van der Waals surface area contributed by atoms with Gasteiger partial charge >= 0.3 is 0 Å². The normalized spacial score (nSPS) is 10.5. The Hall–Kier alpha value is -2.62. The van der Waals surface area contributed by atoms with Crippen molar-refractivity contribution >= 4 is 17.3 Å². The molecule has 0 aromatic heterocycles. The summed E-state index contributed by atoms with van der Waals surface area (Å²) in [6.45, 7) is 3.89. The number of hydrogen-bond donors (Lipinski definition) is 2. The molecule has 0 aliphatic rings. The fourth-order valence-electron chi connectivity index (χ4n) is 1.64. The minimum Gasteiger partial charge on any atom is -0.384 e. The largest absolute Gasteiger partial charge is 0.384 e. The minimum absolute atomic E-state index is 0.0160. The molecule has 1 aromatic rings. The molecule has 0 bridgehead atoms. The Morgan fingerprint density at radius 3 is 2.65 bits per heavy atom. The molecule has 0 fully saturated rings. The molecule has 1 amide bonds. The number of rotatable bonds is 5. The number of benzene rings is 1. The molecule has 2 N–H and O–H groups in total. The third-order valence-electron chi connectivity index (χ3n) is 2.89. The van der Waals surface area contributed by atoms with Gasteiger partial charge in [0.05, 0.1) is 10.3 Å². The highest BCUT2D eigenvalue weighted by molar-refractivity contribution is 5.82. The van der Waals surface area contributed by atoms with Crippen LogP contribution in [0.25, 0.3) is 0 Å². The molecule has 0 saturated carbocycles. The van der Waals surface area contributed by atoms with Crippen LogP contribution < -0.4 is 10.6 Å². The number of nitrogens with zero attached hydrogens (tertiary/aromatic N) is 2. The van der Waals surface area contributed by atoms with Crippen LogP contribution in [0, 0.1) is 26.9 Å². The summed E-state index contributed by atoms with van der Waals surface area (Å²) in [6, 6.07) is 5.97. The average Bonchev–Trinajstić information content (AvgIpc) is 2.43. The molecular formula is C13H16N4O3. The number of nitrogens with one attached hydrogen (secondary N) is 2. The molecule has 0 unspecified atom stereocenters. The van der Waals surface area contributed by atoms with Crippen LogP contribution in [0.1, 0.15) is 19.4 Å². The van der Waals surface area contributed by atoms with E-state index in [4.69, 9.17) is 5.26 Å². The molecule has 1 aromatic carbocycles. The molecule has 0 atom stereocenters. The van der Waals surface area contributed by atoms with E-state index in [0.29, 0.717) is 12.2 Å². The highest BCUT2D eigenvalue weighted by Gasteiger charge is 2.26. The van der Waals surface area contributed by atoms with Crippen molar-refractivity contribution in [2.75, 3.05) is 18.9 Å². The summed E-state index contributed by atoms with van der Waals surface area (Å²) in [5.74, 6) is -0.118. The molecule has 20 heavy (non-hydrogen) atoms.